The number of hydrogen-bond acceptors (Lipinski definition) is 6. The summed E-state index contributed by atoms with van der Waals surface area (Å²) in [4.78, 5) is 15.1. The molecule has 4 aromatic rings. The highest BCUT2D eigenvalue weighted by Crippen LogP contribution is 2.41. The molecule has 5 nitrogen and oxygen atoms in total. The van der Waals surface area contributed by atoms with Crippen LogP contribution in [0.15, 0.2) is 70.5 Å². The van der Waals surface area contributed by atoms with Crippen molar-refractivity contribution in [1.82, 2.24) is 20.1 Å². The fourth-order valence-corrected chi connectivity index (χ4v) is 5.69. The molecule has 1 atom stereocenters. The van der Waals surface area contributed by atoms with Crippen LogP contribution >= 0.6 is 34.4 Å². The number of rotatable bonds is 8. The van der Waals surface area contributed by atoms with Gasteiger partial charge in [0.05, 0.1) is 16.7 Å². The Bertz CT molecular complexity index is 1100. The number of thiophene rings is 2. The third-order valence-corrected chi connectivity index (χ3v) is 7.66. The minimum Gasteiger partial charge on any atom is -0.344 e. The Morgan fingerprint density at radius 3 is 2.57 bits per heavy atom. The molecule has 0 bridgehead atoms. The second-order valence-corrected chi connectivity index (χ2v) is 9.97. The van der Waals surface area contributed by atoms with E-state index in [4.69, 9.17) is 0 Å². The standard InChI is InChI=1S/C22H20N4OS3/c27-19(23-20(17-8-4-12-28-17)15-6-2-1-3-7-15)14-30-22-25-24-21(18-9-5-13-29-18)26(22)16-10-11-16/h1-9,12-13,16,20H,10-11,14H2,(H,23,27). The zero-order valence-corrected chi connectivity index (χ0v) is 18.6. The molecule has 0 spiro atoms. The van der Waals surface area contributed by atoms with E-state index in [-0.39, 0.29) is 11.9 Å². The SMILES string of the molecule is O=C(CSc1nnc(-c2cccs2)n1C1CC1)NC(c1ccccc1)c1cccs1. The van der Waals surface area contributed by atoms with Crippen LogP contribution in [-0.4, -0.2) is 26.4 Å². The highest BCUT2D eigenvalue weighted by Gasteiger charge is 2.30. The number of carbonyl (C=O) groups is 1. The quantitative estimate of drug-likeness (QED) is 0.364. The average Bonchev–Trinajstić information content (AvgIpc) is 3.21. The lowest BCUT2D eigenvalue weighted by Gasteiger charge is -2.18. The molecule has 1 saturated carbocycles. The van der Waals surface area contributed by atoms with Gasteiger partial charge >= 0.3 is 0 Å². The summed E-state index contributed by atoms with van der Waals surface area (Å²) >= 11 is 4.78. The Morgan fingerprint density at radius 2 is 1.87 bits per heavy atom. The number of amides is 1. The molecule has 152 valence electrons. The molecule has 1 amide bonds. The number of carbonyl (C=O) groups excluding carboxylic acids is 1. The van der Waals surface area contributed by atoms with Gasteiger partial charge in [-0.2, -0.15) is 0 Å². The first-order valence-corrected chi connectivity index (χ1v) is 12.5. The first-order valence-electron chi connectivity index (χ1n) is 9.79. The lowest BCUT2D eigenvalue weighted by atomic mass is 10.1. The van der Waals surface area contributed by atoms with E-state index in [1.165, 1.54) is 11.8 Å². The van der Waals surface area contributed by atoms with Crippen molar-refractivity contribution >= 4 is 40.3 Å². The van der Waals surface area contributed by atoms with E-state index in [2.05, 4.69) is 49.7 Å². The molecule has 3 aromatic heterocycles. The van der Waals surface area contributed by atoms with E-state index >= 15 is 0 Å². The van der Waals surface area contributed by atoms with Crippen molar-refractivity contribution < 1.29 is 4.79 Å². The molecule has 30 heavy (non-hydrogen) atoms. The van der Waals surface area contributed by atoms with Crippen LogP contribution in [0.3, 0.4) is 0 Å². The van der Waals surface area contributed by atoms with E-state index < -0.39 is 0 Å². The molecule has 0 saturated heterocycles. The number of aromatic nitrogens is 3. The molecule has 1 fully saturated rings. The van der Waals surface area contributed by atoms with Crippen molar-refractivity contribution in [2.75, 3.05) is 5.75 Å². The van der Waals surface area contributed by atoms with Crippen LogP contribution in [0.5, 0.6) is 0 Å². The van der Waals surface area contributed by atoms with Crippen molar-refractivity contribution in [2.45, 2.75) is 30.1 Å². The Hall–Kier alpha value is -2.42. The molecular formula is C22H20N4OS3. The maximum Gasteiger partial charge on any atom is 0.231 e. The molecule has 1 unspecified atom stereocenters. The summed E-state index contributed by atoms with van der Waals surface area (Å²) in [7, 11) is 0. The van der Waals surface area contributed by atoms with Gasteiger partial charge in [-0.1, -0.05) is 54.2 Å². The zero-order valence-electron chi connectivity index (χ0n) is 16.1. The topological polar surface area (TPSA) is 59.8 Å². The molecule has 8 heteroatoms. The third kappa shape index (κ3) is 4.21. The number of nitrogens with one attached hydrogen (secondary N) is 1. The number of hydrogen-bond donors (Lipinski definition) is 1. The van der Waals surface area contributed by atoms with Crippen LogP contribution < -0.4 is 5.32 Å². The average molecular weight is 453 g/mol. The summed E-state index contributed by atoms with van der Waals surface area (Å²) in [5.74, 6) is 1.21. The molecule has 1 aliphatic rings. The molecule has 5 rings (SSSR count). The highest BCUT2D eigenvalue weighted by atomic mass is 32.2. The van der Waals surface area contributed by atoms with Gasteiger partial charge < -0.3 is 5.32 Å². The van der Waals surface area contributed by atoms with Crippen LogP contribution in [0, 0.1) is 0 Å². The molecule has 0 radical (unpaired) electrons. The van der Waals surface area contributed by atoms with Gasteiger partial charge in [-0.05, 0) is 41.3 Å². The van der Waals surface area contributed by atoms with Gasteiger partial charge in [-0.25, -0.2) is 0 Å². The molecule has 0 aliphatic heterocycles. The minimum absolute atomic E-state index is 0.00901. The summed E-state index contributed by atoms with van der Waals surface area (Å²) in [5.41, 5.74) is 1.08. The van der Waals surface area contributed by atoms with E-state index in [1.807, 2.05) is 35.7 Å². The predicted molar refractivity (Wildman–Crippen MR) is 123 cm³/mol. The van der Waals surface area contributed by atoms with Crippen molar-refractivity contribution in [3.8, 4) is 10.7 Å². The van der Waals surface area contributed by atoms with Crippen LogP contribution in [0.25, 0.3) is 10.7 Å². The number of nitrogens with zero attached hydrogens (tertiary/aromatic N) is 3. The van der Waals surface area contributed by atoms with Crippen molar-refractivity contribution in [3.05, 3.63) is 75.8 Å². The second kappa shape index (κ2) is 8.75. The summed E-state index contributed by atoms with van der Waals surface area (Å²) in [6, 6.07) is 18.6. The fraction of sp³-hybridized carbons (Fsp3) is 0.227. The Balaban J connectivity index is 1.30. The maximum absolute atomic E-state index is 12.8. The Kier molecular flexibility index (Phi) is 5.70. The van der Waals surface area contributed by atoms with Crippen LogP contribution in [0.2, 0.25) is 0 Å². The van der Waals surface area contributed by atoms with Gasteiger partial charge in [0.15, 0.2) is 11.0 Å². The van der Waals surface area contributed by atoms with E-state index in [0.717, 1.165) is 39.1 Å². The summed E-state index contributed by atoms with van der Waals surface area (Å²) in [6.45, 7) is 0. The van der Waals surface area contributed by atoms with E-state index in [9.17, 15) is 4.79 Å². The minimum atomic E-state index is -0.137. The third-order valence-electron chi connectivity index (χ3n) is 4.92. The van der Waals surface area contributed by atoms with Crippen LogP contribution in [0.4, 0.5) is 0 Å². The van der Waals surface area contributed by atoms with Gasteiger partial charge in [-0.3, -0.25) is 9.36 Å². The monoisotopic (exact) mass is 452 g/mol. The fourth-order valence-electron chi connectivity index (χ4n) is 3.36. The van der Waals surface area contributed by atoms with Crippen molar-refractivity contribution in [1.29, 1.82) is 0 Å². The van der Waals surface area contributed by atoms with E-state index in [1.54, 1.807) is 22.7 Å². The summed E-state index contributed by atoms with van der Waals surface area (Å²) < 4.78 is 2.21. The van der Waals surface area contributed by atoms with Crippen molar-refractivity contribution in [3.63, 3.8) is 0 Å². The van der Waals surface area contributed by atoms with Crippen LogP contribution in [-0.2, 0) is 4.79 Å². The molecule has 1 N–H and O–H groups in total. The van der Waals surface area contributed by atoms with E-state index in [0.29, 0.717) is 11.8 Å². The highest BCUT2D eigenvalue weighted by molar-refractivity contribution is 7.99. The van der Waals surface area contributed by atoms with Gasteiger partial charge in [0.2, 0.25) is 5.91 Å². The Labute approximate surface area is 187 Å². The number of benzene rings is 1. The van der Waals surface area contributed by atoms with Gasteiger partial charge in [0, 0.05) is 10.9 Å². The van der Waals surface area contributed by atoms with Gasteiger partial charge in [0.1, 0.15) is 0 Å². The lowest BCUT2D eigenvalue weighted by molar-refractivity contribution is -0.119. The summed E-state index contributed by atoms with van der Waals surface area (Å²) in [5, 5.41) is 16.9. The second-order valence-electron chi connectivity index (χ2n) is 7.10. The zero-order chi connectivity index (χ0) is 20.3. The van der Waals surface area contributed by atoms with Crippen molar-refractivity contribution in [2.24, 2.45) is 0 Å². The molecular weight excluding hydrogens is 432 g/mol. The maximum atomic E-state index is 12.8. The van der Waals surface area contributed by atoms with Gasteiger partial charge in [0.25, 0.3) is 0 Å². The summed E-state index contributed by atoms with van der Waals surface area (Å²) in [6.07, 6.45) is 2.29. The molecule has 3 heterocycles. The van der Waals surface area contributed by atoms with Crippen LogP contribution in [0.1, 0.15) is 35.4 Å². The number of thioether (sulfide) groups is 1. The first-order chi connectivity index (χ1) is 14.8. The first kappa shape index (κ1) is 19.5. The molecule has 1 aromatic carbocycles. The van der Waals surface area contributed by atoms with Gasteiger partial charge in [-0.15, -0.1) is 32.9 Å². The lowest BCUT2D eigenvalue weighted by Crippen LogP contribution is -2.30. The Morgan fingerprint density at radius 1 is 1.07 bits per heavy atom. The largest absolute Gasteiger partial charge is 0.344 e. The molecule has 1 aliphatic carbocycles. The smallest absolute Gasteiger partial charge is 0.231 e. The normalized spacial score (nSPS) is 14.5. The predicted octanol–water partition coefficient (Wildman–Crippen LogP) is 5.40.